The highest BCUT2D eigenvalue weighted by molar-refractivity contribution is 5.98. The summed E-state index contributed by atoms with van der Waals surface area (Å²) in [6, 6.07) is 17.0. The highest BCUT2D eigenvalue weighted by Gasteiger charge is 2.14. The fourth-order valence-electron chi connectivity index (χ4n) is 3.45. The molecule has 0 fully saturated rings. The van der Waals surface area contributed by atoms with Crippen molar-refractivity contribution in [2.45, 2.75) is 26.3 Å². The van der Waals surface area contributed by atoms with E-state index in [2.05, 4.69) is 10.3 Å². The number of carbonyl (C=O) groups excluding carboxylic acids is 1. The summed E-state index contributed by atoms with van der Waals surface area (Å²) in [6.45, 7) is 2.77. The second-order valence-electron chi connectivity index (χ2n) is 7.23. The molecule has 0 saturated carbocycles. The van der Waals surface area contributed by atoms with E-state index in [-0.39, 0.29) is 11.5 Å². The Morgan fingerprint density at radius 3 is 2.73 bits per heavy atom. The minimum absolute atomic E-state index is 0.157. The molecule has 6 nitrogen and oxygen atoms in total. The van der Waals surface area contributed by atoms with Gasteiger partial charge in [0.2, 0.25) is 0 Å². The number of benzene rings is 1. The van der Waals surface area contributed by atoms with Crippen molar-refractivity contribution in [3.8, 4) is 0 Å². The molecular formula is C24H23N3O3. The maximum atomic E-state index is 13.0. The van der Waals surface area contributed by atoms with E-state index in [9.17, 15) is 9.59 Å². The van der Waals surface area contributed by atoms with Gasteiger partial charge in [0.15, 0.2) is 0 Å². The first-order valence-corrected chi connectivity index (χ1v) is 9.97. The van der Waals surface area contributed by atoms with Gasteiger partial charge in [0.25, 0.3) is 11.5 Å². The Labute approximate surface area is 174 Å². The number of aryl methyl sites for hydroxylation is 2. The number of nitrogens with one attached hydrogen (secondary N) is 1. The Bertz CT molecular complexity index is 1210. The molecule has 0 bridgehead atoms. The van der Waals surface area contributed by atoms with E-state index < -0.39 is 0 Å². The average Bonchev–Trinajstić information content (AvgIpc) is 3.27. The van der Waals surface area contributed by atoms with Gasteiger partial charge in [-0.25, -0.2) is 0 Å². The maximum Gasteiger partial charge on any atom is 0.260 e. The second kappa shape index (κ2) is 8.78. The Balaban J connectivity index is 1.52. The van der Waals surface area contributed by atoms with Crippen molar-refractivity contribution in [2.75, 3.05) is 6.54 Å². The fourth-order valence-corrected chi connectivity index (χ4v) is 3.45. The molecule has 0 aliphatic heterocycles. The van der Waals surface area contributed by atoms with Crippen molar-refractivity contribution in [3.63, 3.8) is 0 Å². The van der Waals surface area contributed by atoms with Crippen molar-refractivity contribution < 1.29 is 9.21 Å². The molecule has 30 heavy (non-hydrogen) atoms. The second-order valence-corrected chi connectivity index (χ2v) is 7.23. The predicted octanol–water partition coefficient (Wildman–Crippen LogP) is 3.71. The third-order valence-electron chi connectivity index (χ3n) is 5.05. The Morgan fingerprint density at radius 1 is 1.13 bits per heavy atom. The van der Waals surface area contributed by atoms with E-state index >= 15 is 0 Å². The smallest absolute Gasteiger partial charge is 0.260 e. The normalized spacial score (nSPS) is 11.0. The highest BCUT2D eigenvalue weighted by Crippen LogP contribution is 2.14. The molecule has 4 rings (SSSR count). The van der Waals surface area contributed by atoms with Crippen LogP contribution in [0, 0.1) is 6.92 Å². The third-order valence-corrected chi connectivity index (χ3v) is 5.05. The van der Waals surface area contributed by atoms with Gasteiger partial charge in [-0.3, -0.25) is 14.6 Å². The van der Waals surface area contributed by atoms with E-state index in [4.69, 9.17) is 4.42 Å². The summed E-state index contributed by atoms with van der Waals surface area (Å²) in [5.74, 6) is 0.672. The summed E-state index contributed by atoms with van der Waals surface area (Å²) in [5, 5.41) is 3.36. The number of nitrogens with zero attached hydrogens (tertiary/aromatic N) is 2. The zero-order valence-electron chi connectivity index (χ0n) is 16.8. The van der Waals surface area contributed by atoms with Gasteiger partial charge in [-0.15, -0.1) is 0 Å². The van der Waals surface area contributed by atoms with Gasteiger partial charge in [-0.1, -0.05) is 30.3 Å². The van der Waals surface area contributed by atoms with E-state index in [1.807, 2.05) is 48.5 Å². The molecular weight excluding hydrogens is 378 g/mol. The van der Waals surface area contributed by atoms with E-state index in [0.717, 1.165) is 24.2 Å². The van der Waals surface area contributed by atoms with E-state index in [1.54, 1.807) is 30.0 Å². The first kappa shape index (κ1) is 19.6. The lowest BCUT2D eigenvalue weighted by Gasteiger charge is -2.11. The fraction of sp³-hybridized carbons (Fsp3) is 0.208. The molecule has 0 radical (unpaired) electrons. The van der Waals surface area contributed by atoms with Crippen LogP contribution in [-0.2, 0) is 13.0 Å². The number of rotatable bonds is 7. The number of amides is 1. The lowest BCUT2D eigenvalue weighted by Crippen LogP contribution is -2.27. The van der Waals surface area contributed by atoms with Crippen LogP contribution in [-0.4, -0.2) is 22.0 Å². The number of hydrogen-bond acceptors (Lipinski definition) is 4. The van der Waals surface area contributed by atoms with Gasteiger partial charge < -0.3 is 14.3 Å². The molecule has 0 aliphatic rings. The quantitative estimate of drug-likeness (QED) is 0.479. The van der Waals surface area contributed by atoms with Crippen LogP contribution in [0.2, 0.25) is 0 Å². The molecule has 1 amide bonds. The summed E-state index contributed by atoms with van der Waals surface area (Å²) in [4.78, 5) is 30.2. The average molecular weight is 401 g/mol. The molecule has 0 aliphatic carbocycles. The summed E-state index contributed by atoms with van der Waals surface area (Å²) >= 11 is 0. The molecule has 3 heterocycles. The summed E-state index contributed by atoms with van der Waals surface area (Å²) in [5.41, 5.74) is 2.50. The van der Waals surface area contributed by atoms with E-state index in [0.29, 0.717) is 35.2 Å². The number of fused-ring (bicyclic) bond motifs is 1. The van der Waals surface area contributed by atoms with Gasteiger partial charge >= 0.3 is 0 Å². The number of furan rings is 1. The SMILES string of the molecule is Cc1nc2ccn(Cc3ccccc3)c(=O)c2cc1C(=O)NCCCc1ccco1. The molecule has 152 valence electrons. The minimum Gasteiger partial charge on any atom is -0.469 e. The van der Waals surface area contributed by atoms with Crippen LogP contribution in [0.4, 0.5) is 0 Å². The van der Waals surface area contributed by atoms with Crippen LogP contribution in [0.5, 0.6) is 0 Å². The van der Waals surface area contributed by atoms with E-state index in [1.165, 1.54) is 0 Å². The van der Waals surface area contributed by atoms with Crippen molar-refractivity contribution in [1.82, 2.24) is 14.9 Å². The third kappa shape index (κ3) is 4.33. The zero-order valence-corrected chi connectivity index (χ0v) is 16.8. The molecule has 0 spiro atoms. The van der Waals surface area contributed by atoms with Crippen LogP contribution in [0.15, 0.2) is 76.3 Å². The van der Waals surface area contributed by atoms with Crippen LogP contribution in [0.25, 0.3) is 10.9 Å². The largest absolute Gasteiger partial charge is 0.469 e. The van der Waals surface area contributed by atoms with Gasteiger partial charge in [0.1, 0.15) is 5.76 Å². The van der Waals surface area contributed by atoms with Crippen molar-refractivity contribution in [2.24, 2.45) is 0 Å². The van der Waals surface area contributed by atoms with Crippen LogP contribution in [0.1, 0.15) is 33.8 Å². The minimum atomic E-state index is -0.223. The molecule has 0 saturated heterocycles. The summed E-state index contributed by atoms with van der Waals surface area (Å²) in [7, 11) is 0. The molecule has 1 N–H and O–H groups in total. The molecule has 1 aromatic carbocycles. The highest BCUT2D eigenvalue weighted by atomic mass is 16.3. The summed E-state index contributed by atoms with van der Waals surface area (Å²) in [6.07, 6.45) is 4.91. The van der Waals surface area contributed by atoms with Gasteiger partial charge in [0.05, 0.1) is 35.0 Å². The molecule has 4 aromatic rings. The van der Waals surface area contributed by atoms with Crippen LogP contribution in [0.3, 0.4) is 0 Å². The van der Waals surface area contributed by atoms with Crippen LogP contribution >= 0.6 is 0 Å². The Morgan fingerprint density at radius 2 is 1.97 bits per heavy atom. The first-order valence-electron chi connectivity index (χ1n) is 9.97. The number of pyridine rings is 2. The monoisotopic (exact) mass is 401 g/mol. The van der Waals surface area contributed by atoms with Crippen molar-refractivity contribution in [3.05, 3.63) is 100.0 Å². The maximum absolute atomic E-state index is 13.0. The van der Waals surface area contributed by atoms with Gasteiger partial charge in [-0.2, -0.15) is 0 Å². The standard InChI is InChI=1S/C24H23N3O3/c1-17-20(23(28)25-12-5-9-19-10-6-14-30-19)15-21-22(26-17)11-13-27(24(21)29)16-18-7-3-2-4-8-18/h2-4,6-8,10-11,13-15H,5,9,12,16H2,1H3,(H,25,28). The molecule has 3 aromatic heterocycles. The topological polar surface area (TPSA) is 77.1 Å². The van der Waals surface area contributed by atoms with Crippen molar-refractivity contribution in [1.29, 1.82) is 0 Å². The van der Waals surface area contributed by atoms with Gasteiger partial charge in [0, 0.05) is 19.2 Å². The molecule has 0 unspecified atom stereocenters. The molecule has 6 heteroatoms. The van der Waals surface area contributed by atoms with Crippen LogP contribution < -0.4 is 10.9 Å². The van der Waals surface area contributed by atoms with Crippen molar-refractivity contribution >= 4 is 16.8 Å². The Kier molecular flexibility index (Phi) is 5.75. The summed E-state index contributed by atoms with van der Waals surface area (Å²) < 4.78 is 6.94. The predicted molar refractivity (Wildman–Crippen MR) is 116 cm³/mol. The molecule has 0 atom stereocenters. The number of hydrogen-bond donors (Lipinski definition) is 1. The number of carbonyl (C=O) groups is 1. The lowest BCUT2D eigenvalue weighted by atomic mass is 10.1. The zero-order chi connectivity index (χ0) is 20.9. The lowest BCUT2D eigenvalue weighted by molar-refractivity contribution is 0.0952. The van der Waals surface area contributed by atoms with Gasteiger partial charge in [-0.05, 0) is 43.2 Å². The Hall–Kier alpha value is -3.67. The first-order chi connectivity index (χ1) is 14.6. The number of aromatic nitrogens is 2.